The summed E-state index contributed by atoms with van der Waals surface area (Å²) < 4.78 is 13.1. The van der Waals surface area contributed by atoms with Crippen molar-refractivity contribution in [2.45, 2.75) is 45.7 Å². The monoisotopic (exact) mass is 368 g/mol. The predicted molar refractivity (Wildman–Crippen MR) is 107 cm³/mol. The van der Waals surface area contributed by atoms with E-state index in [-0.39, 0.29) is 23.7 Å². The van der Waals surface area contributed by atoms with Gasteiger partial charge in [-0.2, -0.15) is 0 Å². The van der Waals surface area contributed by atoms with Crippen LogP contribution in [0.15, 0.2) is 48.5 Å². The van der Waals surface area contributed by atoms with Gasteiger partial charge in [0.1, 0.15) is 5.82 Å². The normalized spacial score (nSPS) is 18.9. The number of rotatable bonds is 6. The van der Waals surface area contributed by atoms with Crippen LogP contribution in [0.2, 0.25) is 0 Å². The van der Waals surface area contributed by atoms with Crippen molar-refractivity contribution < 1.29 is 9.18 Å². The molecule has 3 rings (SSSR count). The van der Waals surface area contributed by atoms with Crippen molar-refractivity contribution in [3.05, 3.63) is 71.0 Å². The van der Waals surface area contributed by atoms with Crippen molar-refractivity contribution in [1.29, 1.82) is 0 Å². The molecule has 0 aromatic heterocycles. The lowest BCUT2D eigenvalue weighted by molar-refractivity contribution is -0.127. The molecule has 1 heterocycles. The highest BCUT2D eigenvalue weighted by Gasteiger charge is 2.26. The first-order chi connectivity index (χ1) is 13.0. The van der Waals surface area contributed by atoms with Crippen molar-refractivity contribution in [3.8, 4) is 0 Å². The van der Waals surface area contributed by atoms with E-state index in [0.29, 0.717) is 0 Å². The summed E-state index contributed by atoms with van der Waals surface area (Å²) in [7, 11) is 0. The Labute approximate surface area is 161 Å². The third kappa shape index (κ3) is 5.39. The first kappa shape index (κ1) is 19.6. The summed E-state index contributed by atoms with van der Waals surface area (Å²) in [6.07, 6.45) is 2.96. The standard InChI is InChI=1S/C23H29FN2O/c1-3-18-6-10-20(11-7-18)17(2)25-23(27)21-5-4-14-26(16-21)15-19-8-12-22(24)13-9-19/h6-13,17,21H,3-5,14-16H2,1-2H3,(H,25,27). The number of piperidine rings is 1. The van der Waals surface area contributed by atoms with E-state index in [1.165, 1.54) is 17.7 Å². The molecular weight excluding hydrogens is 339 g/mol. The molecule has 3 nitrogen and oxygen atoms in total. The number of hydrogen-bond acceptors (Lipinski definition) is 2. The number of halogens is 1. The molecule has 0 aliphatic carbocycles. The largest absolute Gasteiger partial charge is 0.349 e. The van der Waals surface area contributed by atoms with E-state index in [1.807, 2.05) is 19.1 Å². The molecule has 2 aromatic carbocycles. The van der Waals surface area contributed by atoms with Gasteiger partial charge in [-0.1, -0.05) is 43.3 Å². The van der Waals surface area contributed by atoms with Gasteiger partial charge >= 0.3 is 0 Å². The van der Waals surface area contributed by atoms with Gasteiger partial charge in [0.2, 0.25) is 5.91 Å². The second kappa shape index (κ2) is 9.14. The molecule has 1 amide bonds. The Morgan fingerprint density at radius 3 is 2.48 bits per heavy atom. The number of hydrogen-bond donors (Lipinski definition) is 1. The smallest absolute Gasteiger partial charge is 0.224 e. The zero-order chi connectivity index (χ0) is 19.2. The average molecular weight is 368 g/mol. The lowest BCUT2D eigenvalue weighted by Crippen LogP contribution is -2.43. The highest BCUT2D eigenvalue weighted by Crippen LogP contribution is 2.21. The maximum Gasteiger partial charge on any atom is 0.224 e. The van der Waals surface area contributed by atoms with Crippen LogP contribution in [0.4, 0.5) is 4.39 Å². The van der Waals surface area contributed by atoms with E-state index in [1.54, 1.807) is 0 Å². The number of likely N-dealkylation sites (tertiary alicyclic amines) is 1. The Morgan fingerprint density at radius 1 is 1.15 bits per heavy atom. The second-order valence-corrected chi connectivity index (χ2v) is 7.53. The molecule has 1 saturated heterocycles. The fourth-order valence-electron chi connectivity index (χ4n) is 3.72. The number of amides is 1. The molecule has 0 bridgehead atoms. The maximum atomic E-state index is 13.1. The van der Waals surface area contributed by atoms with Crippen molar-refractivity contribution >= 4 is 5.91 Å². The highest BCUT2D eigenvalue weighted by atomic mass is 19.1. The van der Waals surface area contributed by atoms with Gasteiger partial charge in [0.05, 0.1) is 12.0 Å². The molecule has 1 fully saturated rings. The zero-order valence-corrected chi connectivity index (χ0v) is 16.2. The Morgan fingerprint density at radius 2 is 1.81 bits per heavy atom. The van der Waals surface area contributed by atoms with E-state index >= 15 is 0 Å². The van der Waals surface area contributed by atoms with E-state index in [4.69, 9.17) is 0 Å². The molecule has 144 valence electrons. The van der Waals surface area contributed by atoms with E-state index in [2.05, 4.69) is 41.4 Å². The van der Waals surface area contributed by atoms with Gasteiger partial charge in [0.15, 0.2) is 0 Å². The number of benzene rings is 2. The second-order valence-electron chi connectivity index (χ2n) is 7.53. The summed E-state index contributed by atoms with van der Waals surface area (Å²) >= 11 is 0. The first-order valence-corrected chi connectivity index (χ1v) is 9.91. The fourth-order valence-corrected chi connectivity index (χ4v) is 3.72. The minimum absolute atomic E-state index is 0.0101. The van der Waals surface area contributed by atoms with Crippen molar-refractivity contribution in [2.75, 3.05) is 13.1 Å². The van der Waals surface area contributed by atoms with Crippen LogP contribution in [-0.4, -0.2) is 23.9 Å². The highest BCUT2D eigenvalue weighted by molar-refractivity contribution is 5.79. The predicted octanol–water partition coefficient (Wildman–Crippen LogP) is 4.48. The lowest BCUT2D eigenvalue weighted by atomic mass is 9.95. The van der Waals surface area contributed by atoms with Gasteiger partial charge in [0, 0.05) is 13.1 Å². The van der Waals surface area contributed by atoms with E-state index in [0.717, 1.165) is 50.0 Å². The summed E-state index contributed by atoms with van der Waals surface area (Å²) in [6.45, 7) is 6.68. The molecule has 1 N–H and O–H groups in total. The van der Waals surface area contributed by atoms with Crippen LogP contribution >= 0.6 is 0 Å². The quantitative estimate of drug-likeness (QED) is 0.815. The van der Waals surface area contributed by atoms with E-state index in [9.17, 15) is 9.18 Å². The average Bonchev–Trinajstić information content (AvgIpc) is 2.70. The maximum absolute atomic E-state index is 13.1. The van der Waals surface area contributed by atoms with Crippen LogP contribution in [0.25, 0.3) is 0 Å². The molecule has 2 atom stereocenters. The minimum Gasteiger partial charge on any atom is -0.349 e. The van der Waals surface area contributed by atoms with Gasteiger partial charge in [-0.25, -0.2) is 4.39 Å². The molecule has 0 radical (unpaired) electrons. The van der Waals surface area contributed by atoms with E-state index < -0.39 is 0 Å². The Bertz CT molecular complexity index is 742. The van der Waals surface area contributed by atoms with Crippen molar-refractivity contribution in [1.82, 2.24) is 10.2 Å². The lowest BCUT2D eigenvalue weighted by Gasteiger charge is -2.32. The minimum atomic E-state index is -0.212. The van der Waals surface area contributed by atoms with Crippen LogP contribution in [0.1, 0.15) is 49.4 Å². The van der Waals surface area contributed by atoms with Crippen LogP contribution in [-0.2, 0) is 17.8 Å². The molecule has 27 heavy (non-hydrogen) atoms. The van der Waals surface area contributed by atoms with Gasteiger partial charge in [0.25, 0.3) is 0 Å². The molecule has 2 aromatic rings. The Balaban J connectivity index is 1.54. The third-order valence-corrected chi connectivity index (χ3v) is 5.44. The molecule has 0 spiro atoms. The number of carbonyl (C=O) groups is 1. The van der Waals surface area contributed by atoms with Crippen LogP contribution in [0.5, 0.6) is 0 Å². The summed E-state index contributed by atoms with van der Waals surface area (Å²) in [4.78, 5) is 15.1. The topological polar surface area (TPSA) is 32.3 Å². The van der Waals surface area contributed by atoms with Gasteiger partial charge in [-0.3, -0.25) is 9.69 Å². The van der Waals surface area contributed by atoms with Crippen LogP contribution in [0.3, 0.4) is 0 Å². The molecule has 1 aliphatic heterocycles. The summed E-state index contributed by atoms with van der Waals surface area (Å²) in [5.41, 5.74) is 3.53. The first-order valence-electron chi connectivity index (χ1n) is 9.91. The summed E-state index contributed by atoms with van der Waals surface area (Å²) in [5.74, 6) is -0.0713. The zero-order valence-electron chi connectivity index (χ0n) is 16.2. The van der Waals surface area contributed by atoms with Gasteiger partial charge in [-0.05, 0) is 61.6 Å². The van der Waals surface area contributed by atoms with Crippen molar-refractivity contribution in [3.63, 3.8) is 0 Å². The number of carbonyl (C=O) groups excluding carboxylic acids is 1. The van der Waals surface area contributed by atoms with Crippen LogP contribution < -0.4 is 5.32 Å². The SMILES string of the molecule is CCc1ccc(C(C)NC(=O)C2CCCN(Cc3ccc(F)cc3)C2)cc1. The molecular formula is C23H29FN2O. The van der Waals surface area contributed by atoms with Gasteiger partial charge in [-0.15, -0.1) is 0 Å². The molecule has 0 saturated carbocycles. The number of nitrogens with zero attached hydrogens (tertiary/aromatic N) is 1. The Kier molecular flexibility index (Phi) is 6.62. The fraction of sp³-hybridized carbons (Fsp3) is 0.435. The third-order valence-electron chi connectivity index (χ3n) is 5.44. The molecule has 4 heteroatoms. The summed E-state index contributed by atoms with van der Waals surface area (Å²) in [5, 5.41) is 3.18. The van der Waals surface area contributed by atoms with Crippen molar-refractivity contribution in [2.24, 2.45) is 5.92 Å². The summed E-state index contributed by atoms with van der Waals surface area (Å²) in [6, 6.07) is 15.1. The van der Waals surface area contributed by atoms with Gasteiger partial charge < -0.3 is 5.32 Å². The Hall–Kier alpha value is -2.20. The van der Waals surface area contributed by atoms with Crippen LogP contribution in [0, 0.1) is 11.7 Å². The number of nitrogens with one attached hydrogen (secondary N) is 1. The number of aryl methyl sites for hydroxylation is 1. The molecule has 2 unspecified atom stereocenters. The molecule has 1 aliphatic rings.